The minimum Gasteiger partial charge on any atom is -0.344 e. The zero-order valence-corrected chi connectivity index (χ0v) is 18.3. The third-order valence-corrected chi connectivity index (χ3v) is 7.35. The Balaban J connectivity index is 1.42. The van der Waals surface area contributed by atoms with Crippen LogP contribution in [-0.4, -0.2) is 50.8 Å². The number of benzene rings is 2. The number of piperidine rings is 1. The topological polar surface area (TPSA) is 45.5 Å². The van der Waals surface area contributed by atoms with E-state index in [0.717, 1.165) is 55.4 Å². The molecule has 4 rings (SSSR count). The molecule has 1 aliphatic rings. The molecule has 1 fully saturated rings. The number of likely N-dealkylation sites (tertiary alicyclic amines) is 1. The van der Waals surface area contributed by atoms with Crippen molar-refractivity contribution in [1.82, 2.24) is 9.47 Å². The smallest absolute Gasteiger partial charge is 0.231 e. The number of fused-ring (bicyclic) bond motifs is 1. The first kappa shape index (κ1) is 20.9. The highest BCUT2D eigenvalue weighted by Crippen LogP contribution is 2.30. The maximum atomic E-state index is 13.1. The zero-order valence-electron chi connectivity index (χ0n) is 17.5. The number of hydrogen-bond donors (Lipinski definition) is 0. The van der Waals surface area contributed by atoms with Gasteiger partial charge in [0.2, 0.25) is 10.0 Å². The summed E-state index contributed by atoms with van der Waals surface area (Å²) in [5.41, 5.74) is 2.92. The molecule has 160 valence electrons. The van der Waals surface area contributed by atoms with Gasteiger partial charge in [-0.3, -0.25) is 4.31 Å². The van der Waals surface area contributed by atoms with Gasteiger partial charge in [-0.2, -0.15) is 0 Å². The monoisotopic (exact) mass is 429 g/mol. The average Bonchev–Trinajstić information content (AvgIpc) is 3.16. The number of rotatable bonds is 6. The Morgan fingerprint density at radius 3 is 2.43 bits per heavy atom. The molecule has 0 unspecified atom stereocenters. The van der Waals surface area contributed by atoms with E-state index in [0.29, 0.717) is 11.7 Å². The molecule has 2 aromatic carbocycles. The van der Waals surface area contributed by atoms with Crippen LogP contribution in [0.5, 0.6) is 0 Å². The molecule has 1 aromatic heterocycles. The molecule has 30 heavy (non-hydrogen) atoms. The van der Waals surface area contributed by atoms with E-state index in [9.17, 15) is 12.8 Å². The fourth-order valence-electron chi connectivity index (χ4n) is 4.20. The van der Waals surface area contributed by atoms with E-state index >= 15 is 0 Å². The van der Waals surface area contributed by atoms with Crippen LogP contribution in [0.4, 0.5) is 10.1 Å². The van der Waals surface area contributed by atoms with Crippen LogP contribution in [0.2, 0.25) is 0 Å². The van der Waals surface area contributed by atoms with E-state index in [1.807, 2.05) is 30.3 Å². The molecule has 0 radical (unpaired) electrons. The van der Waals surface area contributed by atoms with Gasteiger partial charge in [0.15, 0.2) is 0 Å². The highest BCUT2D eigenvalue weighted by atomic mass is 32.2. The third-order valence-electron chi connectivity index (χ3n) is 6.15. The van der Waals surface area contributed by atoms with Gasteiger partial charge in [-0.1, -0.05) is 18.2 Å². The van der Waals surface area contributed by atoms with E-state index in [1.54, 1.807) is 7.05 Å². The van der Waals surface area contributed by atoms with E-state index < -0.39 is 10.0 Å². The lowest BCUT2D eigenvalue weighted by atomic mass is 10.0. The van der Waals surface area contributed by atoms with E-state index in [2.05, 4.69) is 21.7 Å². The van der Waals surface area contributed by atoms with Gasteiger partial charge in [-0.25, -0.2) is 12.8 Å². The Morgan fingerprint density at radius 2 is 1.77 bits per heavy atom. The second-order valence-electron chi connectivity index (χ2n) is 8.15. The highest BCUT2D eigenvalue weighted by molar-refractivity contribution is 7.92. The first-order valence-electron chi connectivity index (χ1n) is 10.3. The van der Waals surface area contributed by atoms with Gasteiger partial charge >= 0.3 is 0 Å². The maximum Gasteiger partial charge on any atom is 0.231 e. The minimum absolute atomic E-state index is 0.190. The van der Waals surface area contributed by atoms with Crippen LogP contribution in [0.15, 0.2) is 54.7 Å². The molecule has 0 atom stereocenters. The quantitative estimate of drug-likeness (QED) is 0.594. The van der Waals surface area contributed by atoms with Crippen molar-refractivity contribution in [3.8, 4) is 0 Å². The summed E-state index contributed by atoms with van der Waals surface area (Å²) in [6.07, 6.45) is 6.38. The molecule has 3 aromatic rings. The fourth-order valence-corrected chi connectivity index (χ4v) is 4.70. The lowest BCUT2D eigenvalue weighted by Gasteiger charge is -2.33. The summed E-state index contributed by atoms with van der Waals surface area (Å²) >= 11 is 0. The summed E-state index contributed by atoms with van der Waals surface area (Å²) in [6, 6.07) is 15.1. The Labute approximate surface area is 177 Å². The van der Waals surface area contributed by atoms with Gasteiger partial charge in [0.05, 0.1) is 17.5 Å². The van der Waals surface area contributed by atoms with Crippen LogP contribution in [0.3, 0.4) is 0 Å². The normalized spacial score (nSPS) is 16.2. The number of hydrogen-bond acceptors (Lipinski definition) is 3. The van der Waals surface area contributed by atoms with Gasteiger partial charge < -0.3 is 9.47 Å². The van der Waals surface area contributed by atoms with E-state index in [-0.39, 0.29) is 5.82 Å². The molecule has 1 aliphatic heterocycles. The van der Waals surface area contributed by atoms with Crippen LogP contribution in [-0.2, 0) is 16.4 Å². The Morgan fingerprint density at radius 1 is 1.07 bits per heavy atom. The fraction of sp³-hybridized carbons (Fsp3) is 0.391. The van der Waals surface area contributed by atoms with Crippen LogP contribution in [0, 0.1) is 5.82 Å². The van der Waals surface area contributed by atoms with Gasteiger partial charge in [0.25, 0.3) is 0 Å². The predicted octanol–water partition coefficient (Wildman–Crippen LogP) is 4.06. The predicted molar refractivity (Wildman–Crippen MR) is 120 cm³/mol. The van der Waals surface area contributed by atoms with Crippen molar-refractivity contribution in [3.63, 3.8) is 0 Å². The minimum atomic E-state index is -3.29. The second-order valence-corrected chi connectivity index (χ2v) is 10.2. The van der Waals surface area contributed by atoms with E-state index in [1.165, 1.54) is 22.7 Å². The molecule has 5 nitrogen and oxygen atoms in total. The number of anilines is 1. The first-order valence-corrected chi connectivity index (χ1v) is 12.2. The average molecular weight is 430 g/mol. The zero-order chi connectivity index (χ0) is 21.3. The summed E-state index contributed by atoms with van der Waals surface area (Å²) < 4.78 is 40.5. The van der Waals surface area contributed by atoms with Crippen molar-refractivity contribution in [2.45, 2.75) is 25.3 Å². The molecule has 0 bridgehead atoms. The molecule has 0 saturated carbocycles. The van der Waals surface area contributed by atoms with Gasteiger partial charge in [0.1, 0.15) is 5.82 Å². The van der Waals surface area contributed by atoms with Crippen molar-refractivity contribution in [1.29, 1.82) is 0 Å². The summed E-state index contributed by atoms with van der Waals surface area (Å²) in [5.74, 6) is -0.190. The van der Waals surface area contributed by atoms with E-state index in [4.69, 9.17) is 0 Å². The summed E-state index contributed by atoms with van der Waals surface area (Å²) in [7, 11) is -1.70. The molecule has 1 saturated heterocycles. The van der Waals surface area contributed by atoms with Crippen LogP contribution >= 0.6 is 0 Å². The summed E-state index contributed by atoms with van der Waals surface area (Å²) in [6.45, 7) is 3.02. The van der Waals surface area contributed by atoms with Gasteiger partial charge in [-0.15, -0.1) is 0 Å². The van der Waals surface area contributed by atoms with Crippen molar-refractivity contribution in [3.05, 3.63) is 66.1 Å². The highest BCUT2D eigenvalue weighted by Gasteiger charge is 2.22. The summed E-state index contributed by atoms with van der Waals surface area (Å²) in [5, 5.41) is 1.12. The number of nitrogens with zero attached hydrogens (tertiary/aromatic N) is 3. The molecule has 0 N–H and O–H groups in total. The van der Waals surface area contributed by atoms with Crippen molar-refractivity contribution < 1.29 is 12.8 Å². The lowest BCUT2D eigenvalue weighted by Crippen LogP contribution is -2.35. The van der Waals surface area contributed by atoms with Crippen LogP contribution < -0.4 is 4.31 Å². The third kappa shape index (κ3) is 4.52. The second kappa shape index (κ2) is 8.40. The molecule has 7 heteroatoms. The molecule has 0 aliphatic carbocycles. The Bertz CT molecular complexity index is 1120. The Hall–Kier alpha value is -2.38. The molecular weight excluding hydrogens is 401 g/mol. The molecule has 2 heterocycles. The van der Waals surface area contributed by atoms with Crippen molar-refractivity contribution >= 4 is 26.6 Å². The number of sulfonamides is 1. The van der Waals surface area contributed by atoms with Gasteiger partial charge in [0, 0.05) is 38.9 Å². The standard InChI is InChI=1S/C23H28FN3O2S/c1-25(30(2,28)29)22-8-5-19-10-16-27(23(19)17-22)21-11-14-26(15-12-21)13-9-18-3-6-20(24)7-4-18/h3-8,10,16-17,21H,9,11-15H2,1-2H3. The number of halogens is 1. The molecular formula is C23H28FN3O2S. The molecule has 0 amide bonds. The van der Waals surface area contributed by atoms with Crippen molar-refractivity contribution in [2.75, 3.05) is 37.2 Å². The molecule has 0 spiro atoms. The Kier molecular flexibility index (Phi) is 5.84. The van der Waals surface area contributed by atoms with Crippen LogP contribution in [0.1, 0.15) is 24.4 Å². The lowest BCUT2D eigenvalue weighted by molar-refractivity contribution is 0.190. The van der Waals surface area contributed by atoms with Crippen LogP contribution in [0.25, 0.3) is 10.9 Å². The largest absolute Gasteiger partial charge is 0.344 e. The SMILES string of the molecule is CN(c1ccc2ccn(C3CCN(CCc4ccc(F)cc4)CC3)c2c1)S(C)(=O)=O. The summed E-state index contributed by atoms with van der Waals surface area (Å²) in [4.78, 5) is 2.47. The van der Waals surface area contributed by atoms with Crippen molar-refractivity contribution in [2.24, 2.45) is 0 Å². The maximum absolute atomic E-state index is 13.1. The number of aromatic nitrogens is 1. The first-order chi connectivity index (χ1) is 14.3. The van der Waals surface area contributed by atoms with Gasteiger partial charge in [-0.05, 0) is 60.5 Å².